The molecule has 0 fully saturated rings. The van der Waals surface area contributed by atoms with Gasteiger partial charge in [0.05, 0.1) is 0 Å². The summed E-state index contributed by atoms with van der Waals surface area (Å²) < 4.78 is 0. The quantitative estimate of drug-likeness (QED) is 0.589. The van der Waals surface area contributed by atoms with Crippen LogP contribution in [0, 0.1) is 5.92 Å². The SMILES string of the molecule is C/C(=C\C=C\CC(C)C)CCc1ccccc1. The van der Waals surface area contributed by atoms with E-state index in [0.717, 1.165) is 18.8 Å². The summed E-state index contributed by atoms with van der Waals surface area (Å²) in [5.41, 5.74) is 2.88. The predicted octanol–water partition coefficient (Wildman–Crippen LogP) is 5.17. The fourth-order valence-corrected chi connectivity index (χ4v) is 1.65. The van der Waals surface area contributed by atoms with Gasteiger partial charge >= 0.3 is 0 Å². The molecule has 1 rings (SSSR count). The van der Waals surface area contributed by atoms with Gasteiger partial charge in [-0.05, 0) is 37.7 Å². The molecule has 92 valence electrons. The fraction of sp³-hybridized carbons (Fsp3) is 0.412. The smallest absolute Gasteiger partial charge is 0.0241 e. The molecular weight excluding hydrogens is 204 g/mol. The van der Waals surface area contributed by atoms with Crippen molar-refractivity contribution in [3.05, 3.63) is 59.7 Å². The number of hydrogen-bond acceptors (Lipinski definition) is 0. The molecule has 0 aromatic heterocycles. The van der Waals surface area contributed by atoms with Gasteiger partial charge in [0.2, 0.25) is 0 Å². The lowest BCUT2D eigenvalue weighted by atomic mass is 10.1. The van der Waals surface area contributed by atoms with Crippen molar-refractivity contribution >= 4 is 0 Å². The molecule has 0 aliphatic carbocycles. The van der Waals surface area contributed by atoms with E-state index < -0.39 is 0 Å². The normalized spacial score (nSPS) is 12.6. The van der Waals surface area contributed by atoms with Gasteiger partial charge < -0.3 is 0 Å². The minimum Gasteiger partial charge on any atom is -0.0843 e. The van der Waals surface area contributed by atoms with Crippen LogP contribution in [0.5, 0.6) is 0 Å². The van der Waals surface area contributed by atoms with Crippen LogP contribution in [0.3, 0.4) is 0 Å². The van der Waals surface area contributed by atoms with Gasteiger partial charge in [0.25, 0.3) is 0 Å². The third kappa shape index (κ3) is 6.78. The van der Waals surface area contributed by atoms with Crippen LogP contribution >= 0.6 is 0 Å². The van der Waals surface area contributed by atoms with Crippen molar-refractivity contribution in [2.75, 3.05) is 0 Å². The molecule has 17 heavy (non-hydrogen) atoms. The molecule has 0 aliphatic heterocycles. The molecule has 0 radical (unpaired) electrons. The van der Waals surface area contributed by atoms with Crippen molar-refractivity contribution in [2.45, 2.75) is 40.0 Å². The van der Waals surface area contributed by atoms with E-state index in [0.29, 0.717) is 0 Å². The highest BCUT2D eigenvalue weighted by Gasteiger charge is 1.92. The van der Waals surface area contributed by atoms with Crippen LogP contribution in [0.4, 0.5) is 0 Å². The van der Waals surface area contributed by atoms with Gasteiger partial charge in [-0.3, -0.25) is 0 Å². The second kappa shape index (κ2) is 7.89. The molecule has 0 aliphatic rings. The standard InChI is InChI=1S/C17H24/c1-15(2)9-7-8-10-16(3)13-14-17-11-5-4-6-12-17/h4-8,10-12,15H,9,13-14H2,1-3H3/b8-7+,16-10+. The van der Waals surface area contributed by atoms with E-state index in [9.17, 15) is 0 Å². The van der Waals surface area contributed by atoms with Crippen molar-refractivity contribution in [1.82, 2.24) is 0 Å². The Morgan fingerprint density at radius 3 is 2.53 bits per heavy atom. The van der Waals surface area contributed by atoms with E-state index in [1.165, 1.54) is 17.6 Å². The largest absolute Gasteiger partial charge is 0.0843 e. The maximum Gasteiger partial charge on any atom is -0.0241 e. The van der Waals surface area contributed by atoms with Gasteiger partial charge in [-0.15, -0.1) is 0 Å². The number of rotatable bonds is 6. The van der Waals surface area contributed by atoms with E-state index in [-0.39, 0.29) is 0 Å². The van der Waals surface area contributed by atoms with E-state index >= 15 is 0 Å². The Balaban J connectivity index is 2.32. The van der Waals surface area contributed by atoms with Gasteiger partial charge in [0.15, 0.2) is 0 Å². The highest BCUT2D eigenvalue weighted by atomic mass is 14.0. The summed E-state index contributed by atoms with van der Waals surface area (Å²) in [5.74, 6) is 0.754. The van der Waals surface area contributed by atoms with Crippen LogP contribution in [-0.4, -0.2) is 0 Å². The Morgan fingerprint density at radius 2 is 1.88 bits per heavy atom. The lowest BCUT2D eigenvalue weighted by Crippen LogP contribution is -1.85. The number of hydrogen-bond donors (Lipinski definition) is 0. The molecule has 0 saturated carbocycles. The third-order valence-electron chi connectivity index (χ3n) is 2.78. The van der Waals surface area contributed by atoms with Crippen molar-refractivity contribution < 1.29 is 0 Å². The molecular formula is C17H24. The first-order chi connectivity index (χ1) is 8.18. The number of benzene rings is 1. The zero-order valence-electron chi connectivity index (χ0n) is 11.3. The Morgan fingerprint density at radius 1 is 1.18 bits per heavy atom. The molecule has 0 heteroatoms. The van der Waals surface area contributed by atoms with Crippen LogP contribution in [0.25, 0.3) is 0 Å². The summed E-state index contributed by atoms with van der Waals surface area (Å²) in [4.78, 5) is 0. The van der Waals surface area contributed by atoms with E-state index in [1.54, 1.807) is 0 Å². The topological polar surface area (TPSA) is 0 Å². The van der Waals surface area contributed by atoms with E-state index in [2.05, 4.69) is 69.3 Å². The zero-order valence-corrected chi connectivity index (χ0v) is 11.3. The van der Waals surface area contributed by atoms with Crippen LogP contribution in [0.15, 0.2) is 54.1 Å². The first kappa shape index (κ1) is 13.8. The molecule has 0 N–H and O–H groups in total. The van der Waals surface area contributed by atoms with E-state index in [4.69, 9.17) is 0 Å². The summed E-state index contributed by atoms with van der Waals surface area (Å²) >= 11 is 0. The summed E-state index contributed by atoms with van der Waals surface area (Å²) in [6.07, 6.45) is 10.2. The lowest BCUT2D eigenvalue weighted by molar-refractivity contribution is 0.664. The summed E-state index contributed by atoms with van der Waals surface area (Å²) in [7, 11) is 0. The molecule has 0 amide bonds. The zero-order chi connectivity index (χ0) is 12.5. The molecule has 0 atom stereocenters. The second-order valence-corrected chi connectivity index (χ2v) is 5.06. The fourth-order valence-electron chi connectivity index (χ4n) is 1.65. The number of allylic oxidation sites excluding steroid dienone is 4. The lowest BCUT2D eigenvalue weighted by Gasteiger charge is -2.01. The minimum atomic E-state index is 0.754. The number of aryl methyl sites for hydroxylation is 1. The summed E-state index contributed by atoms with van der Waals surface area (Å²) in [5, 5.41) is 0. The Hall–Kier alpha value is -1.30. The molecule has 1 aromatic carbocycles. The van der Waals surface area contributed by atoms with Gasteiger partial charge in [0.1, 0.15) is 0 Å². The molecule has 0 bridgehead atoms. The van der Waals surface area contributed by atoms with Gasteiger partial charge in [-0.25, -0.2) is 0 Å². The molecule has 0 unspecified atom stereocenters. The Bertz CT molecular complexity index is 355. The molecule has 0 saturated heterocycles. The monoisotopic (exact) mass is 228 g/mol. The maximum atomic E-state index is 2.26. The average Bonchev–Trinajstić information content (AvgIpc) is 2.33. The Kier molecular flexibility index (Phi) is 6.39. The molecule has 0 heterocycles. The van der Waals surface area contributed by atoms with Gasteiger partial charge in [0, 0.05) is 0 Å². The third-order valence-corrected chi connectivity index (χ3v) is 2.78. The predicted molar refractivity (Wildman–Crippen MR) is 77.1 cm³/mol. The maximum absolute atomic E-state index is 2.26. The van der Waals surface area contributed by atoms with Crippen molar-refractivity contribution in [3.8, 4) is 0 Å². The molecule has 0 nitrogen and oxygen atoms in total. The van der Waals surface area contributed by atoms with Gasteiger partial charge in [-0.2, -0.15) is 0 Å². The average molecular weight is 228 g/mol. The first-order valence-corrected chi connectivity index (χ1v) is 6.54. The van der Waals surface area contributed by atoms with Crippen LogP contribution < -0.4 is 0 Å². The highest BCUT2D eigenvalue weighted by Crippen LogP contribution is 2.09. The van der Waals surface area contributed by atoms with Crippen molar-refractivity contribution in [1.29, 1.82) is 0 Å². The molecule has 0 spiro atoms. The van der Waals surface area contributed by atoms with E-state index in [1.807, 2.05) is 0 Å². The summed E-state index contributed by atoms with van der Waals surface area (Å²) in [6, 6.07) is 10.7. The van der Waals surface area contributed by atoms with Gasteiger partial charge in [-0.1, -0.05) is 68.0 Å². The van der Waals surface area contributed by atoms with Crippen molar-refractivity contribution in [2.24, 2.45) is 5.92 Å². The highest BCUT2D eigenvalue weighted by molar-refractivity contribution is 5.17. The van der Waals surface area contributed by atoms with Crippen LogP contribution in [0.2, 0.25) is 0 Å². The van der Waals surface area contributed by atoms with Crippen LogP contribution in [0.1, 0.15) is 39.2 Å². The second-order valence-electron chi connectivity index (χ2n) is 5.06. The Labute approximate surface area is 106 Å². The summed E-state index contributed by atoms with van der Waals surface area (Å²) in [6.45, 7) is 6.70. The van der Waals surface area contributed by atoms with Crippen molar-refractivity contribution in [3.63, 3.8) is 0 Å². The first-order valence-electron chi connectivity index (χ1n) is 6.54. The van der Waals surface area contributed by atoms with Crippen LogP contribution in [-0.2, 0) is 6.42 Å². The molecule has 1 aromatic rings. The minimum absolute atomic E-state index is 0.754.